The molecule has 0 aliphatic rings. The summed E-state index contributed by atoms with van der Waals surface area (Å²) in [6.45, 7) is 6.10. The Bertz CT molecular complexity index is 418. The normalized spacial score (nSPS) is 10.1. The molecular weight excluding hydrogens is 238 g/mol. The Kier molecular flexibility index (Phi) is 5.19. The number of hydrogen-bond donors (Lipinski definition) is 1. The van der Waals surface area contributed by atoms with Gasteiger partial charge in [0.15, 0.2) is 0 Å². The van der Waals surface area contributed by atoms with E-state index in [1.807, 2.05) is 6.92 Å². The number of carbonyl (C=O) groups is 1. The van der Waals surface area contributed by atoms with Gasteiger partial charge in [0.2, 0.25) is 0 Å². The highest BCUT2D eigenvalue weighted by atomic mass is 35.5. The van der Waals surface area contributed by atoms with Crippen LogP contribution >= 0.6 is 11.6 Å². The van der Waals surface area contributed by atoms with Crippen LogP contribution in [-0.2, 0) is 0 Å². The SMILES string of the molecule is C=CCN(CCO)C(=O)c1ccc(C)c(Cl)c1. The van der Waals surface area contributed by atoms with E-state index in [-0.39, 0.29) is 19.1 Å². The quantitative estimate of drug-likeness (QED) is 0.818. The fraction of sp³-hybridized carbons (Fsp3) is 0.308. The average Bonchev–Trinajstić information content (AvgIpc) is 2.31. The first-order valence-electron chi connectivity index (χ1n) is 5.37. The van der Waals surface area contributed by atoms with Gasteiger partial charge in [-0.05, 0) is 24.6 Å². The monoisotopic (exact) mass is 253 g/mol. The van der Waals surface area contributed by atoms with Gasteiger partial charge >= 0.3 is 0 Å². The Morgan fingerprint density at radius 3 is 2.82 bits per heavy atom. The van der Waals surface area contributed by atoms with Gasteiger partial charge in [-0.3, -0.25) is 4.79 Å². The molecule has 0 heterocycles. The Labute approximate surface area is 106 Å². The molecule has 0 radical (unpaired) electrons. The molecule has 0 saturated heterocycles. The van der Waals surface area contributed by atoms with Gasteiger partial charge in [0, 0.05) is 23.7 Å². The van der Waals surface area contributed by atoms with Crippen LogP contribution in [0.1, 0.15) is 15.9 Å². The maximum absolute atomic E-state index is 12.1. The molecule has 1 amide bonds. The molecule has 1 N–H and O–H groups in total. The lowest BCUT2D eigenvalue weighted by molar-refractivity contribution is 0.0743. The third-order valence-electron chi connectivity index (χ3n) is 2.43. The van der Waals surface area contributed by atoms with Gasteiger partial charge in [-0.1, -0.05) is 23.7 Å². The van der Waals surface area contributed by atoms with Crippen LogP contribution in [0.25, 0.3) is 0 Å². The average molecular weight is 254 g/mol. The van der Waals surface area contributed by atoms with E-state index in [9.17, 15) is 4.79 Å². The van der Waals surface area contributed by atoms with Gasteiger partial charge in [0.05, 0.1) is 6.61 Å². The van der Waals surface area contributed by atoms with E-state index in [1.165, 1.54) is 4.90 Å². The molecule has 92 valence electrons. The highest BCUT2D eigenvalue weighted by Crippen LogP contribution is 2.17. The van der Waals surface area contributed by atoms with E-state index in [2.05, 4.69) is 6.58 Å². The number of hydrogen-bond acceptors (Lipinski definition) is 2. The van der Waals surface area contributed by atoms with E-state index in [1.54, 1.807) is 24.3 Å². The molecule has 1 aromatic rings. The summed E-state index contributed by atoms with van der Waals surface area (Å²) in [5.41, 5.74) is 1.46. The molecule has 0 atom stereocenters. The van der Waals surface area contributed by atoms with Crippen LogP contribution in [0.5, 0.6) is 0 Å². The largest absolute Gasteiger partial charge is 0.395 e. The van der Waals surface area contributed by atoms with E-state index >= 15 is 0 Å². The minimum absolute atomic E-state index is 0.0703. The minimum Gasteiger partial charge on any atom is -0.395 e. The van der Waals surface area contributed by atoms with Crippen molar-refractivity contribution in [2.24, 2.45) is 0 Å². The Morgan fingerprint density at radius 2 is 2.29 bits per heavy atom. The molecule has 0 bridgehead atoms. The Balaban J connectivity index is 2.92. The highest BCUT2D eigenvalue weighted by molar-refractivity contribution is 6.31. The first-order chi connectivity index (χ1) is 8.10. The number of carbonyl (C=O) groups excluding carboxylic acids is 1. The zero-order valence-electron chi connectivity index (χ0n) is 9.82. The molecule has 0 spiro atoms. The van der Waals surface area contributed by atoms with E-state index in [0.29, 0.717) is 17.1 Å². The molecule has 3 nitrogen and oxygen atoms in total. The summed E-state index contributed by atoms with van der Waals surface area (Å²) in [5, 5.41) is 9.47. The molecule has 4 heteroatoms. The van der Waals surface area contributed by atoms with Gasteiger partial charge in [-0.15, -0.1) is 6.58 Å². The van der Waals surface area contributed by atoms with Gasteiger partial charge in [0.1, 0.15) is 0 Å². The first kappa shape index (κ1) is 13.7. The summed E-state index contributed by atoms with van der Waals surface area (Å²) in [5.74, 6) is -0.152. The van der Waals surface area contributed by atoms with Crippen molar-refractivity contribution in [2.45, 2.75) is 6.92 Å². The van der Waals surface area contributed by atoms with E-state index < -0.39 is 0 Å². The Hall–Kier alpha value is -1.32. The molecule has 0 unspecified atom stereocenters. The number of aliphatic hydroxyl groups is 1. The summed E-state index contributed by atoms with van der Waals surface area (Å²) >= 11 is 5.98. The van der Waals surface area contributed by atoms with Crippen LogP contribution in [0, 0.1) is 6.92 Å². The number of rotatable bonds is 5. The van der Waals surface area contributed by atoms with Crippen molar-refractivity contribution in [3.05, 3.63) is 47.0 Å². The molecule has 0 aliphatic carbocycles. The smallest absolute Gasteiger partial charge is 0.254 e. The topological polar surface area (TPSA) is 40.5 Å². The summed E-state index contributed by atoms with van der Waals surface area (Å²) in [7, 11) is 0. The number of benzene rings is 1. The second-order valence-corrected chi connectivity index (χ2v) is 4.13. The molecule has 0 aliphatic heterocycles. The third-order valence-corrected chi connectivity index (χ3v) is 2.83. The van der Waals surface area contributed by atoms with Crippen molar-refractivity contribution in [2.75, 3.05) is 19.7 Å². The van der Waals surface area contributed by atoms with Crippen molar-refractivity contribution >= 4 is 17.5 Å². The fourth-order valence-electron chi connectivity index (χ4n) is 1.46. The second kappa shape index (κ2) is 6.42. The molecular formula is C13H16ClNO2. The van der Waals surface area contributed by atoms with Crippen LogP contribution < -0.4 is 0 Å². The number of aliphatic hydroxyl groups excluding tert-OH is 1. The lowest BCUT2D eigenvalue weighted by Gasteiger charge is -2.20. The molecule has 17 heavy (non-hydrogen) atoms. The maximum atomic E-state index is 12.1. The van der Waals surface area contributed by atoms with Crippen molar-refractivity contribution in [1.82, 2.24) is 4.90 Å². The third kappa shape index (κ3) is 3.58. The number of nitrogens with zero attached hydrogens (tertiary/aromatic N) is 1. The Morgan fingerprint density at radius 1 is 1.59 bits per heavy atom. The first-order valence-corrected chi connectivity index (χ1v) is 5.75. The van der Waals surface area contributed by atoms with E-state index in [4.69, 9.17) is 16.7 Å². The summed E-state index contributed by atoms with van der Waals surface area (Å²) in [6.07, 6.45) is 1.63. The molecule has 0 fully saturated rings. The van der Waals surface area contributed by atoms with Crippen molar-refractivity contribution in [1.29, 1.82) is 0 Å². The molecule has 1 aromatic carbocycles. The zero-order valence-corrected chi connectivity index (χ0v) is 10.6. The predicted molar refractivity (Wildman–Crippen MR) is 69.4 cm³/mol. The van der Waals surface area contributed by atoms with Crippen LogP contribution in [0.2, 0.25) is 5.02 Å². The van der Waals surface area contributed by atoms with Gasteiger partial charge < -0.3 is 10.0 Å². The number of amides is 1. The minimum atomic E-state index is -0.152. The lowest BCUT2D eigenvalue weighted by atomic mass is 10.1. The van der Waals surface area contributed by atoms with Crippen molar-refractivity contribution in [3.8, 4) is 0 Å². The lowest BCUT2D eigenvalue weighted by Crippen LogP contribution is -2.33. The second-order valence-electron chi connectivity index (χ2n) is 3.73. The summed E-state index contributed by atoms with van der Waals surface area (Å²) in [4.78, 5) is 13.6. The number of halogens is 1. The van der Waals surface area contributed by atoms with Crippen molar-refractivity contribution in [3.63, 3.8) is 0 Å². The van der Waals surface area contributed by atoms with Crippen LogP contribution in [0.3, 0.4) is 0 Å². The molecule has 0 aromatic heterocycles. The fourth-order valence-corrected chi connectivity index (χ4v) is 1.64. The van der Waals surface area contributed by atoms with Crippen LogP contribution in [0.4, 0.5) is 0 Å². The standard InChI is InChI=1S/C13H16ClNO2/c1-3-6-15(7-8-16)13(17)11-5-4-10(2)12(14)9-11/h3-5,9,16H,1,6-8H2,2H3. The van der Waals surface area contributed by atoms with E-state index in [0.717, 1.165) is 5.56 Å². The predicted octanol–water partition coefficient (Wildman–Crippen LogP) is 2.27. The van der Waals surface area contributed by atoms with Crippen LogP contribution in [-0.4, -0.2) is 35.6 Å². The zero-order chi connectivity index (χ0) is 12.8. The van der Waals surface area contributed by atoms with Crippen LogP contribution in [0.15, 0.2) is 30.9 Å². The molecule has 1 rings (SSSR count). The summed E-state index contributed by atoms with van der Waals surface area (Å²) in [6, 6.07) is 5.18. The highest BCUT2D eigenvalue weighted by Gasteiger charge is 2.14. The summed E-state index contributed by atoms with van der Waals surface area (Å²) < 4.78 is 0. The van der Waals surface area contributed by atoms with Crippen molar-refractivity contribution < 1.29 is 9.90 Å². The molecule has 0 saturated carbocycles. The number of aryl methyl sites for hydroxylation is 1. The van der Waals surface area contributed by atoms with Gasteiger partial charge in [0.25, 0.3) is 5.91 Å². The van der Waals surface area contributed by atoms with Gasteiger partial charge in [-0.2, -0.15) is 0 Å². The maximum Gasteiger partial charge on any atom is 0.254 e. The van der Waals surface area contributed by atoms with Gasteiger partial charge in [-0.25, -0.2) is 0 Å².